The molecule has 0 amide bonds. The Morgan fingerprint density at radius 1 is 1.24 bits per heavy atom. The maximum absolute atomic E-state index is 4.03. The Kier molecular flexibility index (Phi) is 3.00. The SMILES string of the molecule is Cc1nncn1CCN1CCc2c([nH]c3ccccc23)C1. The fourth-order valence-electron chi connectivity index (χ4n) is 3.22. The quantitative estimate of drug-likeness (QED) is 0.800. The molecule has 3 heterocycles. The minimum Gasteiger partial charge on any atom is -0.357 e. The number of nitrogens with zero attached hydrogens (tertiary/aromatic N) is 4. The number of aromatic nitrogens is 4. The monoisotopic (exact) mass is 281 g/mol. The Balaban J connectivity index is 1.50. The molecule has 0 unspecified atom stereocenters. The molecule has 0 saturated carbocycles. The molecule has 1 aliphatic rings. The lowest BCUT2D eigenvalue weighted by Gasteiger charge is -2.27. The highest BCUT2D eigenvalue weighted by molar-refractivity contribution is 5.84. The molecule has 5 heteroatoms. The highest BCUT2D eigenvalue weighted by Gasteiger charge is 2.20. The van der Waals surface area contributed by atoms with Crippen LogP contribution in [-0.2, 0) is 19.5 Å². The van der Waals surface area contributed by atoms with Gasteiger partial charge in [-0.2, -0.15) is 0 Å². The van der Waals surface area contributed by atoms with Crippen molar-refractivity contribution in [2.24, 2.45) is 0 Å². The second-order valence-corrected chi connectivity index (χ2v) is 5.73. The van der Waals surface area contributed by atoms with E-state index in [1.54, 1.807) is 0 Å². The second-order valence-electron chi connectivity index (χ2n) is 5.73. The van der Waals surface area contributed by atoms with Gasteiger partial charge in [0.05, 0.1) is 0 Å². The smallest absolute Gasteiger partial charge is 0.129 e. The van der Waals surface area contributed by atoms with Crippen LogP contribution in [0.4, 0.5) is 0 Å². The molecule has 0 spiro atoms. The van der Waals surface area contributed by atoms with Crippen LogP contribution in [-0.4, -0.2) is 37.7 Å². The van der Waals surface area contributed by atoms with Gasteiger partial charge in [0.25, 0.3) is 0 Å². The summed E-state index contributed by atoms with van der Waals surface area (Å²) in [6.07, 6.45) is 2.94. The third-order valence-electron chi connectivity index (χ3n) is 4.43. The van der Waals surface area contributed by atoms with E-state index < -0.39 is 0 Å². The summed E-state index contributed by atoms with van der Waals surface area (Å²) in [5.41, 5.74) is 4.14. The van der Waals surface area contributed by atoms with Crippen molar-refractivity contribution >= 4 is 10.9 Å². The number of H-pyrrole nitrogens is 1. The number of hydrogen-bond acceptors (Lipinski definition) is 3. The largest absolute Gasteiger partial charge is 0.357 e. The van der Waals surface area contributed by atoms with Gasteiger partial charge in [-0.05, 0) is 25.0 Å². The molecule has 0 bridgehead atoms. The van der Waals surface area contributed by atoms with E-state index >= 15 is 0 Å². The zero-order chi connectivity index (χ0) is 14.2. The van der Waals surface area contributed by atoms with Crippen LogP contribution in [0.1, 0.15) is 17.1 Å². The number of aromatic amines is 1. The Labute approximate surface area is 123 Å². The number of fused-ring (bicyclic) bond motifs is 3. The van der Waals surface area contributed by atoms with Crippen molar-refractivity contribution < 1.29 is 0 Å². The van der Waals surface area contributed by atoms with Crippen LogP contribution in [0.5, 0.6) is 0 Å². The standard InChI is InChI=1S/C16H19N5/c1-12-19-17-11-21(12)9-8-20-7-6-14-13-4-2-3-5-15(13)18-16(14)10-20/h2-5,11,18H,6-10H2,1H3. The van der Waals surface area contributed by atoms with E-state index in [2.05, 4.69) is 48.9 Å². The predicted molar refractivity (Wildman–Crippen MR) is 82.0 cm³/mol. The van der Waals surface area contributed by atoms with Crippen molar-refractivity contribution in [1.82, 2.24) is 24.6 Å². The molecule has 1 N–H and O–H groups in total. The van der Waals surface area contributed by atoms with E-state index in [0.29, 0.717) is 0 Å². The van der Waals surface area contributed by atoms with Crippen LogP contribution in [0.15, 0.2) is 30.6 Å². The first-order valence-corrected chi connectivity index (χ1v) is 7.46. The van der Waals surface area contributed by atoms with Crippen LogP contribution in [0.25, 0.3) is 10.9 Å². The summed E-state index contributed by atoms with van der Waals surface area (Å²) in [6, 6.07) is 8.61. The van der Waals surface area contributed by atoms with E-state index in [0.717, 1.165) is 38.4 Å². The highest BCUT2D eigenvalue weighted by Crippen LogP contribution is 2.27. The van der Waals surface area contributed by atoms with Gasteiger partial charge in [-0.1, -0.05) is 18.2 Å². The molecule has 0 atom stereocenters. The summed E-state index contributed by atoms with van der Waals surface area (Å²) in [4.78, 5) is 6.07. The zero-order valence-electron chi connectivity index (χ0n) is 12.2. The Morgan fingerprint density at radius 3 is 3.00 bits per heavy atom. The van der Waals surface area contributed by atoms with E-state index in [4.69, 9.17) is 0 Å². The van der Waals surface area contributed by atoms with Gasteiger partial charge in [0.2, 0.25) is 0 Å². The number of benzene rings is 1. The van der Waals surface area contributed by atoms with Gasteiger partial charge in [-0.3, -0.25) is 4.90 Å². The van der Waals surface area contributed by atoms with Crippen molar-refractivity contribution in [3.63, 3.8) is 0 Å². The summed E-state index contributed by atoms with van der Waals surface area (Å²) < 4.78 is 2.11. The van der Waals surface area contributed by atoms with Crippen LogP contribution in [0.2, 0.25) is 0 Å². The molecule has 1 aliphatic heterocycles. The number of nitrogens with one attached hydrogen (secondary N) is 1. The maximum atomic E-state index is 4.03. The van der Waals surface area contributed by atoms with Crippen LogP contribution in [0.3, 0.4) is 0 Å². The van der Waals surface area contributed by atoms with E-state index in [9.17, 15) is 0 Å². The van der Waals surface area contributed by atoms with Gasteiger partial charge in [0, 0.05) is 42.8 Å². The topological polar surface area (TPSA) is 49.7 Å². The Bertz CT molecular complexity index is 770. The third-order valence-corrected chi connectivity index (χ3v) is 4.43. The first kappa shape index (κ1) is 12.6. The first-order valence-electron chi connectivity index (χ1n) is 7.46. The second kappa shape index (κ2) is 5.00. The molecule has 21 heavy (non-hydrogen) atoms. The Hall–Kier alpha value is -2.14. The summed E-state index contributed by atoms with van der Waals surface area (Å²) >= 11 is 0. The maximum Gasteiger partial charge on any atom is 0.129 e. The first-order chi connectivity index (χ1) is 10.3. The van der Waals surface area contributed by atoms with Gasteiger partial charge >= 0.3 is 0 Å². The van der Waals surface area contributed by atoms with Gasteiger partial charge < -0.3 is 9.55 Å². The Morgan fingerprint density at radius 2 is 2.14 bits per heavy atom. The minimum atomic E-state index is 0.953. The average molecular weight is 281 g/mol. The molecule has 3 aromatic rings. The normalized spacial score (nSPS) is 15.5. The van der Waals surface area contributed by atoms with E-state index in [1.165, 1.54) is 22.2 Å². The lowest BCUT2D eigenvalue weighted by atomic mass is 10.0. The number of rotatable bonds is 3. The highest BCUT2D eigenvalue weighted by atomic mass is 15.3. The lowest BCUT2D eigenvalue weighted by molar-refractivity contribution is 0.241. The summed E-state index contributed by atoms with van der Waals surface area (Å²) in [7, 11) is 0. The predicted octanol–water partition coefficient (Wildman–Crippen LogP) is 2.13. The van der Waals surface area contributed by atoms with Crippen LogP contribution < -0.4 is 0 Å². The third kappa shape index (κ3) is 2.23. The molecule has 1 aromatic carbocycles. The van der Waals surface area contributed by atoms with Gasteiger partial charge in [0.1, 0.15) is 12.2 Å². The lowest BCUT2D eigenvalue weighted by Crippen LogP contribution is -2.33. The fourth-order valence-corrected chi connectivity index (χ4v) is 3.22. The zero-order valence-corrected chi connectivity index (χ0v) is 12.2. The number of hydrogen-bond donors (Lipinski definition) is 1. The van der Waals surface area contributed by atoms with E-state index in [1.807, 2.05) is 13.3 Å². The van der Waals surface area contributed by atoms with Crippen molar-refractivity contribution in [3.05, 3.63) is 47.7 Å². The van der Waals surface area contributed by atoms with Crippen molar-refractivity contribution in [1.29, 1.82) is 0 Å². The minimum absolute atomic E-state index is 0.953. The van der Waals surface area contributed by atoms with Crippen LogP contribution >= 0.6 is 0 Å². The van der Waals surface area contributed by atoms with Crippen molar-refractivity contribution in [2.45, 2.75) is 26.4 Å². The molecule has 108 valence electrons. The van der Waals surface area contributed by atoms with E-state index in [-0.39, 0.29) is 0 Å². The fraction of sp³-hybridized carbons (Fsp3) is 0.375. The molecule has 5 nitrogen and oxygen atoms in total. The molecule has 0 aliphatic carbocycles. The molecule has 4 rings (SSSR count). The molecule has 0 saturated heterocycles. The van der Waals surface area contributed by atoms with Crippen molar-refractivity contribution in [2.75, 3.05) is 13.1 Å². The van der Waals surface area contributed by atoms with Crippen molar-refractivity contribution in [3.8, 4) is 0 Å². The van der Waals surface area contributed by atoms with Gasteiger partial charge in [-0.25, -0.2) is 0 Å². The van der Waals surface area contributed by atoms with Crippen LogP contribution in [0, 0.1) is 6.92 Å². The number of para-hydroxylation sites is 1. The molecular formula is C16H19N5. The molecule has 0 fully saturated rings. The van der Waals surface area contributed by atoms with Gasteiger partial charge in [-0.15, -0.1) is 10.2 Å². The van der Waals surface area contributed by atoms with Gasteiger partial charge in [0.15, 0.2) is 0 Å². The average Bonchev–Trinajstić information content (AvgIpc) is 3.07. The number of aryl methyl sites for hydroxylation is 1. The molecule has 2 aromatic heterocycles. The summed E-state index contributed by atoms with van der Waals surface area (Å²) in [5.74, 6) is 0.985. The molecule has 0 radical (unpaired) electrons. The summed E-state index contributed by atoms with van der Waals surface area (Å²) in [6.45, 7) is 6.11. The summed E-state index contributed by atoms with van der Waals surface area (Å²) in [5, 5.41) is 9.36. The molecular weight excluding hydrogens is 262 g/mol.